The van der Waals surface area contributed by atoms with Gasteiger partial charge < -0.3 is 5.48 Å². The summed E-state index contributed by atoms with van der Waals surface area (Å²) in [6.07, 6.45) is 0. The van der Waals surface area contributed by atoms with E-state index in [1.807, 2.05) is 0 Å². The molecule has 0 aromatic rings. The minimum Gasteiger partial charge on any atom is -0.412 e. The molecule has 0 aliphatic rings. The molecule has 0 unspecified atom stereocenters. The molecule has 0 amide bonds. The van der Waals surface area contributed by atoms with E-state index in [9.17, 15) is 0 Å². The minimum absolute atomic E-state index is 0. The highest BCUT2D eigenvalue weighted by Gasteiger charge is 1.54. The van der Waals surface area contributed by atoms with Crippen LogP contribution in [0, 0.1) is 0 Å². The first-order chi connectivity index (χ1) is 1.91. The van der Waals surface area contributed by atoms with Gasteiger partial charge in [0.1, 0.15) is 0 Å². The Hall–Kier alpha value is -0.120. The zero-order chi connectivity index (χ0) is 3.41. The lowest BCUT2D eigenvalue weighted by atomic mass is 10.9. The first kappa shape index (κ1) is 8.86. The molecule has 0 saturated carbocycles. The summed E-state index contributed by atoms with van der Waals surface area (Å²) >= 11 is 0. The SMILES string of the molecule is CCOO.O. The van der Waals surface area contributed by atoms with Crippen LogP contribution in [0.4, 0.5) is 0 Å². The molecule has 3 N–H and O–H groups in total. The van der Waals surface area contributed by atoms with Crippen LogP contribution in [0.1, 0.15) is 6.92 Å². The Morgan fingerprint density at radius 1 is 1.80 bits per heavy atom. The highest BCUT2D eigenvalue weighted by Crippen LogP contribution is 1.51. The molecule has 3 nitrogen and oxygen atoms in total. The van der Waals surface area contributed by atoms with Crippen molar-refractivity contribution in [2.45, 2.75) is 6.92 Å². The van der Waals surface area contributed by atoms with Crippen molar-refractivity contribution in [3.63, 3.8) is 0 Å². The van der Waals surface area contributed by atoms with Gasteiger partial charge in [-0.15, -0.1) is 0 Å². The number of rotatable bonds is 1. The van der Waals surface area contributed by atoms with Crippen LogP contribution in [0.25, 0.3) is 0 Å². The van der Waals surface area contributed by atoms with Gasteiger partial charge in [0, 0.05) is 0 Å². The topological polar surface area (TPSA) is 61.0 Å². The van der Waals surface area contributed by atoms with Crippen molar-refractivity contribution in [2.75, 3.05) is 6.61 Å². The average molecular weight is 80.1 g/mol. The number of hydrogen-bond donors (Lipinski definition) is 1. The minimum atomic E-state index is 0. The molecular weight excluding hydrogens is 72.0 g/mol. The molecule has 0 rings (SSSR count). The lowest BCUT2D eigenvalue weighted by molar-refractivity contribution is -0.237. The van der Waals surface area contributed by atoms with E-state index >= 15 is 0 Å². The van der Waals surface area contributed by atoms with Crippen LogP contribution in [0.5, 0.6) is 0 Å². The lowest BCUT2D eigenvalue weighted by Gasteiger charge is -1.73. The highest BCUT2D eigenvalue weighted by atomic mass is 17.1. The van der Waals surface area contributed by atoms with Crippen molar-refractivity contribution in [3.8, 4) is 0 Å². The van der Waals surface area contributed by atoms with Crippen molar-refractivity contribution in [1.29, 1.82) is 0 Å². The van der Waals surface area contributed by atoms with Crippen molar-refractivity contribution >= 4 is 0 Å². The molecular formula is C2H8O3. The quantitative estimate of drug-likeness (QED) is 0.346. The third-order valence-corrected chi connectivity index (χ3v) is 0.129. The van der Waals surface area contributed by atoms with Crippen molar-refractivity contribution < 1.29 is 15.6 Å². The van der Waals surface area contributed by atoms with Gasteiger partial charge in [0.25, 0.3) is 0 Å². The van der Waals surface area contributed by atoms with E-state index in [2.05, 4.69) is 4.89 Å². The first-order valence-corrected chi connectivity index (χ1v) is 1.18. The maximum atomic E-state index is 7.38. The lowest BCUT2D eigenvalue weighted by Crippen LogP contribution is -1.74. The summed E-state index contributed by atoms with van der Waals surface area (Å²) in [5.74, 6) is 0. The third-order valence-electron chi connectivity index (χ3n) is 0.129. The predicted molar refractivity (Wildman–Crippen MR) is 17.9 cm³/mol. The van der Waals surface area contributed by atoms with Crippen LogP contribution >= 0.6 is 0 Å². The van der Waals surface area contributed by atoms with Gasteiger partial charge in [0.15, 0.2) is 0 Å². The van der Waals surface area contributed by atoms with Gasteiger partial charge in [-0.2, -0.15) is 0 Å². The molecule has 0 radical (unpaired) electrons. The largest absolute Gasteiger partial charge is 0.412 e. The summed E-state index contributed by atoms with van der Waals surface area (Å²) in [6.45, 7) is 2.08. The van der Waals surface area contributed by atoms with E-state index in [1.54, 1.807) is 6.92 Å². The molecule has 0 heterocycles. The summed E-state index contributed by atoms with van der Waals surface area (Å²) in [5.41, 5.74) is 0. The van der Waals surface area contributed by atoms with Crippen molar-refractivity contribution in [2.24, 2.45) is 0 Å². The highest BCUT2D eigenvalue weighted by molar-refractivity contribution is 3.88. The normalized spacial score (nSPS) is 6.00. The molecule has 34 valence electrons. The van der Waals surface area contributed by atoms with Crippen molar-refractivity contribution in [1.82, 2.24) is 0 Å². The van der Waals surface area contributed by atoms with Gasteiger partial charge in [-0.25, -0.2) is 4.89 Å². The molecule has 0 fully saturated rings. The molecule has 3 heteroatoms. The van der Waals surface area contributed by atoms with Gasteiger partial charge in [0.2, 0.25) is 0 Å². The fourth-order valence-electron chi connectivity index (χ4n) is 0. The van der Waals surface area contributed by atoms with Crippen LogP contribution in [-0.2, 0) is 4.89 Å². The Morgan fingerprint density at radius 2 is 2.00 bits per heavy atom. The molecule has 0 aliphatic carbocycles. The molecule has 0 saturated heterocycles. The molecule has 0 aromatic carbocycles. The third kappa shape index (κ3) is 17.7. The summed E-state index contributed by atoms with van der Waals surface area (Å²) < 4.78 is 0. The van der Waals surface area contributed by atoms with Gasteiger partial charge in [-0.05, 0) is 6.92 Å². The molecule has 0 aromatic heterocycles. The van der Waals surface area contributed by atoms with Crippen LogP contribution in [0.2, 0.25) is 0 Å². The second-order valence-corrected chi connectivity index (χ2v) is 0.418. The van der Waals surface area contributed by atoms with E-state index in [0.717, 1.165) is 0 Å². The van der Waals surface area contributed by atoms with Crippen LogP contribution < -0.4 is 0 Å². The van der Waals surface area contributed by atoms with Crippen LogP contribution in [-0.4, -0.2) is 17.3 Å². The van der Waals surface area contributed by atoms with Crippen molar-refractivity contribution in [3.05, 3.63) is 0 Å². The van der Waals surface area contributed by atoms with Gasteiger partial charge in [0.05, 0.1) is 6.61 Å². The summed E-state index contributed by atoms with van der Waals surface area (Å²) in [4.78, 5) is 3.54. The van der Waals surface area contributed by atoms with Gasteiger partial charge in [-0.3, -0.25) is 5.26 Å². The Bertz CT molecular complexity index is 6.85. The zero-order valence-corrected chi connectivity index (χ0v) is 3.06. The zero-order valence-electron chi connectivity index (χ0n) is 3.06. The monoisotopic (exact) mass is 80.0 g/mol. The Kier molecular flexibility index (Phi) is 16.1. The molecule has 5 heavy (non-hydrogen) atoms. The first-order valence-electron chi connectivity index (χ1n) is 1.18. The van der Waals surface area contributed by atoms with Gasteiger partial charge in [-0.1, -0.05) is 0 Å². The molecule has 0 atom stereocenters. The maximum Gasteiger partial charge on any atom is 0.0791 e. The maximum absolute atomic E-state index is 7.38. The molecule has 0 aliphatic heterocycles. The van der Waals surface area contributed by atoms with Gasteiger partial charge >= 0.3 is 0 Å². The Labute approximate surface area is 30.4 Å². The average Bonchev–Trinajstić information content (AvgIpc) is 1.37. The van der Waals surface area contributed by atoms with E-state index < -0.39 is 0 Å². The predicted octanol–water partition coefficient (Wildman–Crippen LogP) is -0.329. The Balaban J connectivity index is 0. The van der Waals surface area contributed by atoms with Crippen LogP contribution in [0.15, 0.2) is 0 Å². The number of hydrogen-bond acceptors (Lipinski definition) is 2. The standard InChI is InChI=1S/C2H6O2.H2O/c1-2-4-3;/h3H,2H2,1H3;1H2. The summed E-state index contributed by atoms with van der Waals surface area (Å²) in [5, 5.41) is 7.38. The van der Waals surface area contributed by atoms with E-state index in [-0.39, 0.29) is 5.48 Å². The second-order valence-electron chi connectivity index (χ2n) is 0.418. The molecule has 0 spiro atoms. The summed E-state index contributed by atoms with van der Waals surface area (Å²) in [6, 6.07) is 0. The summed E-state index contributed by atoms with van der Waals surface area (Å²) in [7, 11) is 0. The fourth-order valence-corrected chi connectivity index (χ4v) is 0. The van der Waals surface area contributed by atoms with Crippen LogP contribution in [0.3, 0.4) is 0 Å². The van der Waals surface area contributed by atoms with E-state index in [0.29, 0.717) is 6.61 Å². The van der Waals surface area contributed by atoms with E-state index in [1.165, 1.54) is 0 Å². The molecule has 0 bridgehead atoms. The Morgan fingerprint density at radius 3 is 2.00 bits per heavy atom. The smallest absolute Gasteiger partial charge is 0.0791 e. The van der Waals surface area contributed by atoms with E-state index in [4.69, 9.17) is 5.26 Å². The second kappa shape index (κ2) is 9.11. The fraction of sp³-hybridized carbons (Fsp3) is 1.00.